The van der Waals surface area contributed by atoms with Crippen LogP contribution in [0.3, 0.4) is 0 Å². The molecule has 3 N–H and O–H groups in total. The van der Waals surface area contributed by atoms with Gasteiger partial charge in [0.1, 0.15) is 11.9 Å². The van der Waals surface area contributed by atoms with Gasteiger partial charge in [0.2, 0.25) is 5.91 Å². The van der Waals surface area contributed by atoms with Crippen molar-refractivity contribution in [1.82, 2.24) is 5.32 Å². The van der Waals surface area contributed by atoms with Crippen LogP contribution < -0.4 is 15.8 Å². The van der Waals surface area contributed by atoms with Crippen molar-refractivity contribution in [2.24, 2.45) is 11.7 Å². The number of nitrogens with one attached hydrogen (secondary N) is 1. The summed E-state index contributed by atoms with van der Waals surface area (Å²) < 4.78 is 5.66. The topological polar surface area (TPSA) is 64.4 Å². The number of nitrogens with two attached hydrogens (primary N) is 1. The third-order valence-electron chi connectivity index (χ3n) is 2.85. The summed E-state index contributed by atoms with van der Waals surface area (Å²) in [6.45, 7) is 6.05. The van der Waals surface area contributed by atoms with E-state index in [-0.39, 0.29) is 24.0 Å². The fourth-order valence-electron chi connectivity index (χ4n) is 1.42. The third kappa shape index (κ3) is 4.75. The van der Waals surface area contributed by atoms with Gasteiger partial charge in [-0.15, -0.1) is 0 Å². The number of carbonyl (C=O) groups is 1. The molecular weight excluding hydrogens is 228 g/mol. The van der Waals surface area contributed by atoms with Gasteiger partial charge in [0, 0.05) is 12.0 Å². The van der Waals surface area contributed by atoms with Crippen LogP contribution in [0.5, 0.6) is 5.75 Å². The smallest absolute Gasteiger partial charge is 0.224 e. The summed E-state index contributed by atoms with van der Waals surface area (Å²) in [7, 11) is 0. The van der Waals surface area contributed by atoms with Crippen molar-refractivity contribution < 1.29 is 9.53 Å². The Bertz CT molecular complexity index is 365. The molecule has 1 rings (SSSR count). The van der Waals surface area contributed by atoms with Crippen LogP contribution in [0.4, 0.5) is 0 Å². The van der Waals surface area contributed by atoms with Gasteiger partial charge >= 0.3 is 0 Å². The van der Waals surface area contributed by atoms with Crippen molar-refractivity contribution in [1.29, 1.82) is 0 Å². The van der Waals surface area contributed by atoms with Gasteiger partial charge in [0.25, 0.3) is 0 Å². The predicted octanol–water partition coefficient (Wildman–Crippen LogP) is 1.55. The molecule has 0 aliphatic carbocycles. The fourth-order valence-corrected chi connectivity index (χ4v) is 1.42. The highest BCUT2D eigenvalue weighted by molar-refractivity contribution is 5.78. The molecule has 1 aromatic rings. The molecular formula is C14H22N2O2. The van der Waals surface area contributed by atoms with Crippen molar-refractivity contribution >= 4 is 5.91 Å². The quantitative estimate of drug-likeness (QED) is 0.805. The Labute approximate surface area is 109 Å². The highest BCUT2D eigenvalue weighted by atomic mass is 16.5. The number of ether oxygens (including phenoxy) is 1. The number of benzene rings is 1. The van der Waals surface area contributed by atoms with Gasteiger partial charge in [-0.2, -0.15) is 0 Å². The van der Waals surface area contributed by atoms with Crippen LogP contribution in [0.15, 0.2) is 30.3 Å². The lowest BCUT2D eigenvalue weighted by molar-refractivity contribution is -0.125. The maximum atomic E-state index is 11.7. The van der Waals surface area contributed by atoms with Crippen LogP contribution in [-0.4, -0.2) is 24.6 Å². The first kappa shape index (κ1) is 14.5. The van der Waals surface area contributed by atoms with E-state index in [4.69, 9.17) is 10.5 Å². The number of hydrogen-bond acceptors (Lipinski definition) is 3. The van der Waals surface area contributed by atoms with E-state index in [0.29, 0.717) is 6.54 Å². The van der Waals surface area contributed by atoms with Crippen LogP contribution in [0.1, 0.15) is 20.8 Å². The maximum Gasteiger partial charge on any atom is 0.224 e. The molecule has 0 saturated heterocycles. The number of carbonyl (C=O) groups excluding carboxylic acids is 1. The first-order chi connectivity index (χ1) is 8.50. The summed E-state index contributed by atoms with van der Waals surface area (Å²) in [5.74, 6) is 0.585. The summed E-state index contributed by atoms with van der Waals surface area (Å²) in [6, 6.07) is 9.41. The molecule has 3 atom stereocenters. The van der Waals surface area contributed by atoms with Crippen molar-refractivity contribution in [2.75, 3.05) is 6.54 Å². The van der Waals surface area contributed by atoms with Gasteiger partial charge in [-0.1, -0.05) is 25.1 Å². The summed E-state index contributed by atoms with van der Waals surface area (Å²) in [5.41, 5.74) is 5.67. The second-order valence-electron chi connectivity index (χ2n) is 4.63. The van der Waals surface area contributed by atoms with E-state index >= 15 is 0 Å². The van der Waals surface area contributed by atoms with E-state index in [0.717, 1.165) is 5.75 Å². The minimum absolute atomic E-state index is 0.0338. The second kappa shape index (κ2) is 7.01. The number of para-hydroxylation sites is 1. The largest absolute Gasteiger partial charge is 0.489 e. The molecule has 0 heterocycles. The molecule has 0 fully saturated rings. The van der Waals surface area contributed by atoms with Crippen molar-refractivity contribution in [3.8, 4) is 5.75 Å². The van der Waals surface area contributed by atoms with Crippen LogP contribution in [0.2, 0.25) is 0 Å². The third-order valence-corrected chi connectivity index (χ3v) is 2.85. The van der Waals surface area contributed by atoms with E-state index in [9.17, 15) is 4.79 Å². The summed E-state index contributed by atoms with van der Waals surface area (Å²) in [6.07, 6.45) is -0.0726. The van der Waals surface area contributed by atoms with Gasteiger partial charge in [-0.25, -0.2) is 0 Å². The van der Waals surface area contributed by atoms with Crippen LogP contribution in [-0.2, 0) is 4.79 Å². The van der Waals surface area contributed by atoms with E-state index in [2.05, 4.69) is 5.32 Å². The lowest BCUT2D eigenvalue weighted by Gasteiger charge is -2.19. The maximum absolute atomic E-state index is 11.7. The molecule has 1 aromatic carbocycles. The van der Waals surface area contributed by atoms with Crippen molar-refractivity contribution in [3.05, 3.63) is 30.3 Å². The number of amides is 1. The zero-order valence-electron chi connectivity index (χ0n) is 11.2. The molecule has 0 aliphatic rings. The van der Waals surface area contributed by atoms with Crippen molar-refractivity contribution in [3.63, 3.8) is 0 Å². The average molecular weight is 250 g/mol. The van der Waals surface area contributed by atoms with E-state index in [1.807, 2.05) is 51.1 Å². The molecule has 0 saturated carbocycles. The molecule has 3 unspecified atom stereocenters. The molecule has 0 radical (unpaired) electrons. The van der Waals surface area contributed by atoms with Gasteiger partial charge in [0.15, 0.2) is 0 Å². The zero-order valence-corrected chi connectivity index (χ0v) is 11.2. The van der Waals surface area contributed by atoms with Gasteiger partial charge < -0.3 is 15.8 Å². The Morgan fingerprint density at radius 1 is 1.28 bits per heavy atom. The summed E-state index contributed by atoms with van der Waals surface area (Å²) in [5, 5.41) is 2.84. The molecule has 0 bridgehead atoms. The average Bonchev–Trinajstić information content (AvgIpc) is 2.36. The first-order valence-electron chi connectivity index (χ1n) is 6.25. The van der Waals surface area contributed by atoms with Crippen molar-refractivity contribution in [2.45, 2.75) is 32.9 Å². The van der Waals surface area contributed by atoms with E-state index in [1.165, 1.54) is 0 Å². The Hall–Kier alpha value is -1.55. The molecule has 1 amide bonds. The standard InChI is InChI=1S/C14H22N2O2/c1-10(18-13-7-5-4-6-8-13)9-16-14(17)11(2)12(3)15/h4-8,10-12H,9,15H2,1-3H3,(H,16,17). The first-order valence-corrected chi connectivity index (χ1v) is 6.25. The minimum atomic E-state index is -0.186. The lowest BCUT2D eigenvalue weighted by atomic mass is 10.0. The summed E-state index contributed by atoms with van der Waals surface area (Å²) in [4.78, 5) is 11.7. The molecule has 0 spiro atoms. The molecule has 0 aliphatic heterocycles. The lowest BCUT2D eigenvalue weighted by Crippen LogP contribution is -2.42. The van der Waals surface area contributed by atoms with E-state index in [1.54, 1.807) is 0 Å². The van der Waals surface area contributed by atoms with Crippen LogP contribution in [0.25, 0.3) is 0 Å². The fraction of sp³-hybridized carbons (Fsp3) is 0.500. The second-order valence-corrected chi connectivity index (χ2v) is 4.63. The normalized spacial score (nSPS) is 15.6. The minimum Gasteiger partial charge on any atom is -0.489 e. The number of hydrogen-bond donors (Lipinski definition) is 2. The summed E-state index contributed by atoms with van der Waals surface area (Å²) >= 11 is 0. The SMILES string of the molecule is CC(CNC(=O)C(C)C(C)N)Oc1ccccc1. The zero-order chi connectivity index (χ0) is 13.5. The van der Waals surface area contributed by atoms with Gasteiger partial charge in [-0.05, 0) is 26.0 Å². The molecule has 4 heteroatoms. The monoisotopic (exact) mass is 250 g/mol. The van der Waals surface area contributed by atoms with Crippen LogP contribution in [0, 0.1) is 5.92 Å². The Balaban J connectivity index is 2.33. The van der Waals surface area contributed by atoms with Gasteiger partial charge in [-0.3, -0.25) is 4.79 Å². The Morgan fingerprint density at radius 2 is 1.89 bits per heavy atom. The van der Waals surface area contributed by atoms with Gasteiger partial charge in [0.05, 0.1) is 6.54 Å². The predicted molar refractivity (Wildman–Crippen MR) is 72.4 cm³/mol. The Morgan fingerprint density at radius 3 is 2.44 bits per heavy atom. The molecule has 100 valence electrons. The van der Waals surface area contributed by atoms with Crippen LogP contribution >= 0.6 is 0 Å². The molecule has 4 nitrogen and oxygen atoms in total. The Kier molecular flexibility index (Phi) is 5.65. The van der Waals surface area contributed by atoms with E-state index < -0.39 is 0 Å². The highest BCUT2D eigenvalue weighted by Gasteiger charge is 2.17. The molecule has 18 heavy (non-hydrogen) atoms. The number of rotatable bonds is 6. The molecule has 0 aromatic heterocycles. The highest BCUT2D eigenvalue weighted by Crippen LogP contribution is 2.10.